The number of nitrogens with one attached hydrogen (secondary N) is 1. The number of hydrogen-bond acceptors (Lipinski definition) is 5. The summed E-state index contributed by atoms with van der Waals surface area (Å²) in [6.45, 7) is 2.49. The maximum absolute atomic E-state index is 13.4. The van der Waals surface area contributed by atoms with Crippen LogP contribution in [0.5, 0.6) is 0 Å². The van der Waals surface area contributed by atoms with Gasteiger partial charge in [0.05, 0.1) is 11.8 Å². The van der Waals surface area contributed by atoms with Crippen molar-refractivity contribution in [1.82, 2.24) is 19.6 Å². The summed E-state index contributed by atoms with van der Waals surface area (Å²) in [6, 6.07) is 4.73. The summed E-state index contributed by atoms with van der Waals surface area (Å²) in [7, 11) is -3.50. The molecule has 0 bridgehead atoms. The van der Waals surface area contributed by atoms with Crippen LogP contribution in [0.2, 0.25) is 5.02 Å². The molecule has 2 aliphatic rings. The molecule has 1 aromatic heterocycles. The molecule has 3 heterocycles. The molecule has 1 spiro atoms. The first-order valence-corrected chi connectivity index (χ1v) is 13.0. The van der Waals surface area contributed by atoms with Crippen molar-refractivity contribution in [2.45, 2.75) is 32.0 Å². The number of piperidine rings is 1. The van der Waals surface area contributed by atoms with Crippen molar-refractivity contribution in [2.24, 2.45) is 5.41 Å². The Morgan fingerprint density at radius 2 is 1.85 bits per heavy atom. The van der Waals surface area contributed by atoms with E-state index in [0.29, 0.717) is 26.2 Å². The van der Waals surface area contributed by atoms with E-state index in [2.05, 4.69) is 9.82 Å². The number of anilines is 1. The average molecular weight is 520 g/mol. The van der Waals surface area contributed by atoms with Gasteiger partial charge in [0.25, 0.3) is 0 Å². The molecule has 1 N–H and O–H groups in total. The normalized spacial score (nSPS) is 19.0. The van der Waals surface area contributed by atoms with Gasteiger partial charge >= 0.3 is 12.2 Å². The van der Waals surface area contributed by atoms with Crippen LogP contribution in [0.4, 0.5) is 23.8 Å². The number of rotatable bonds is 4. The Morgan fingerprint density at radius 3 is 2.50 bits per heavy atom. The summed E-state index contributed by atoms with van der Waals surface area (Å²) in [5, 5.41) is 4.25. The fourth-order valence-corrected chi connectivity index (χ4v) is 5.46. The standard InChI is InChI=1S/C21H25ClF3N5O3S/c1-34(32,33)27-18-4-8-30(26-18)19(31)29-10-6-20(7-11-29)5-9-28(14-20)13-15-12-16(22)2-3-17(15)21(23,24)25/h2-4,8,12H,5-7,9-11,13-14H2,1H3,(H,26,27). The highest BCUT2D eigenvalue weighted by molar-refractivity contribution is 7.92. The zero-order valence-corrected chi connectivity index (χ0v) is 20.0. The smallest absolute Gasteiger partial charge is 0.323 e. The number of likely N-dealkylation sites (tertiary alicyclic amines) is 2. The van der Waals surface area contributed by atoms with Crippen molar-refractivity contribution in [3.63, 3.8) is 0 Å². The van der Waals surface area contributed by atoms with Gasteiger partial charge in [-0.15, -0.1) is 5.10 Å². The van der Waals surface area contributed by atoms with E-state index < -0.39 is 21.8 Å². The van der Waals surface area contributed by atoms with Gasteiger partial charge in [0.15, 0.2) is 5.82 Å². The maximum Gasteiger partial charge on any atom is 0.416 e. The van der Waals surface area contributed by atoms with E-state index in [-0.39, 0.29) is 34.4 Å². The number of benzene rings is 1. The molecular formula is C21H25ClF3N5O3S. The third kappa shape index (κ3) is 5.66. The van der Waals surface area contributed by atoms with Gasteiger partial charge in [-0.25, -0.2) is 13.2 Å². The zero-order valence-electron chi connectivity index (χ0n) is 18.5. The summed E-state index contributed by atoms with van der Waals surface area (Å²) in [5.74, 6) is 0.0648. The summed E-state index contributed by atoms with van der Waals surface area (Å²) in [4.78, 5) is 16.5. The Hall–Kier alpha value is -2.31. The quantitative estimate of drug-likeness (QED) is 0.662. The van der Waals surface area contributed by atoms with E-state index >= 15 is 0 Å². The van der Waals surface area contributed by atoms with Crippen molar-refractivity contribution in [1.29, 1.82) is 0 Å². The fraction of sp³-hybridized carbons (Fsp3) is 0.524. The molecule has 34 heavy (non-hydrogen) atoms. The minimum atomic E-state index is -4.44. The minimum absolute atomic E-state index is 0.0547. The van der Waals surface area contributed by atoms with Gasteiger partial charge in [0.2, 0.25) is 10.0 Å². The van der Waals surface area contributed by atoms with E-state index in [0.717, 1.165) is 36.3 Å². The maximum atomic E-state index is 13.4. The first-order valence-electron chi connectivity index (χ1n) is 10.7. The second-order valence-electron chi connectivity index (χ2n) is 9.05. The number of carbonyl (C=O) groups excluding carboxylic acids is 1. The molecule has 2 saturated heterocycles. The second-order valence-corrected chi connectivity index (χ2v) is 11.2. The largest absolute Gasteiger partial charge is 0.416 e. The molecule has 8 nitrogen and oxygen atoms in total. The van der Waals surface area contributed by atoms with Crippen molar-refractivity contribution in [2.75, 3.05) is 37.2 Å². The van der Waals surface area contributed by atoms with Gasteiger partial charge in [-0.05, 0) is 55.0 Å². The number of alkyl halides is 3. The van der Waals surface area contributed by atoms with Crippen molar-refractivity contribution >= 4 is 33.5 Å². The number of sulfonamides is 1. The molecular weight excluding hydrogens is 495 g/mol. The van der Waals surface area contributed by atoms with Crippen molar-refractivity contribution < 1.29 is 26.4 Å². The van der Waals surface area contributed by atoms with Crippen LogP contribution in [0.3, 0.4) is 0 Å². The van der Waals surface area contributed by atoms with Gasteiger partial charge < -0.3 is 4.90 Å². The highest BCUT2D eigenvalue weighted by Crippen LogP contribution is 2.42. The highest BCUT2D eigenvalue weighted by Gasteiger charge is 2.42. The number of hydrogen-bond donors (Lipinski definition) is 1. The van der Waals surface area contributed by atoms with E-state index in [4.69, 9.17) is 11.6 Å². The van der Waals surface area contributed by atoms with Gasteiger partial charge in [-0.2, -0.15) is 17.9 Å². The minimum Gasteiger partial charge on any atom is -0.323 e. The predicted molar refractivity (Wildman–Crippen MR) is 121 cm³/mol. The van der Waals surface area contributed by atoms with Gasteiger partial charge in [-0.1, -0.05) is 11.6 Å². The van der Waals surface area contributed by atoms with Gasteiger partial charge in [-0.3, -0.25) is 9.62 Å². The summed E-state index contributed by atoms with van der Waals surface area (Å²) in [6.07, 6.45) is 0.270. The van der Waals surface area contributed by atoms with E-state index in [1.165, 1.54) is 24.4 Å². The lowest BCUT2D eigenvalue weighted by Gasteiger charge is -2.39. The Bertz CT molecular complexity index is 1180. The summed E-state index contributed by atoms with van der Waals surface area (Å²) < 4.78 is 66.2. The van der Waals surface area contributed by atoms with E-state index in [1.807, 2.05) is 4.90 Å². The number of amides is 1. The molecule has 1 amide bonds. The van der Waals surface area contributed by atoms with Crippen molar-refractivity contribution in [3.05, 3.63) is 46.6 Å². The number of carbonyl (C=O) groups is 1. The first-order chi connectivity index (χ1) is 15.8. The molecule has 13 heteroatoms. The molecule has 0 atom stereocenters. The predicted octanol–water partition coefficient (Wildman–Crippen LogP) is 3.88. The monoisotopic (exact) mass is 519 g/mol. The zero-order chi connectivity index (χ0) is 24.7. The third-order valence-corrected chi connectivity index (χ3v) is 7.27. The first kappa shape index (κ1) is 24.8. The van der Waals surface area contributed by atoms with Crippen LogP contribution in [-0.2, 0) is 22.7 Å². The van der Waals surface area contributed by atoms with Crippen LogP contribution < -0.4 is 4.72 Å². The molecule has 2 aromatic rings. The Balaban J connectivity index is 1.36. The lowest BCUT2D eigenvalue weighted by molar-refractivity contribution is -0.138. The number of aromatic nitrogens is 2. The lowest BCUT2D eigenvalue weighted by Crippen LogP contribution is -2.45. The Morgan fingerprint density at radius 1 is 1.18 bits per heavy atom. The molecule has 2 fully saturated rings. The van der Waals surface area contributed by atoms with Crippen LogP contribution in [0, 0.1) is 5.41 Å². The second kappa shape index (κ2) is 9.04. The average Bonchev–Trinajstić information content (AvgIpc) is 3.33. The van der Waals surface area contributed by atoms with E-state index in [1.54, 1.807) is 4.90 Å². The van der Waals surface area contributed by atoms with Gasteiger partial charge in [0, 0.05) is 43.5 Å². The molecule has 0 aliphatic carbocycles. The fourth-order valence-electron chi connectivity index (χ4n) is 4.77. The molecule has 1 aromatic carbocycles. The number of halogens is 4. The van der Waals surface area contributed by atoms with Crippen molar-refractivity contribution in [3.8, 4) is 0 Å². The van der Waals surface area contributed by atoms with Crippen LogP contribution in [-0.4, -0.2) is 66.5 Å². The number of nitrogens with zero attached hydrogens (tertiary/aromatic N) is 4. The molecule has 0 saturated carbocycles. The molecule has 4 rings (SSSR count). The highest BCUT2D eigenvalue weighted by atomic mass is 35.5. The summed E-state index contributed by atoms with van der Waals surface area (Å²) in [5.41, 5.74) is -0.551. The van der Waals surface area contributed by atoms with Crippen LogP contribution >= 0.6 is 11.6 Å². The topological polar surface area (TPSA) is 87.5 Å². The van der Waals surface area contributed by atoms with Crippen LogP contribution in [0.25, 0.3) is 0 Å². The SMILES string of the molecule is CS(=O)(=O)Nc1ccn(C(=O)N2CCC3(CCN(Cc4cc(Cl)ccc4C(F)(F)F)C3)CC2)n1. The third-order valence-electron chi connectivity index (χ3n) is 6.45. The summed E-state index contributed by atoms with van der Waals surface area (Å²) >= 11 is 5.96. The van der Waals surface area contributed by atoms with Crippen LogP contribution in [0.15, 0.2) is 30.5 Å². The van der Waals surface area contributed by atoms with E-state index in [9.17, 15) is 26.4 Å². The Labute approximate surface area is 200 Å². The molecule has 0 radical (unpaired) electrons. The molecule has 186 valence electrons. The van der Waals surface area contributed by atoms with Crippen LogP contribution in [0.1, 0.15) is 30.4 Å². The molecule has 2 aliphatic heterocycles. The lowest BCUT2D eigenvalue weighted by atomic mass is 9.78. The Kier molecular flexibility index (Phi) is 6.60. The van der Waals surface area contributed by atoms with Gasteiger partial charge in [0.1, 0.15) is 0 Å². The molecule has 0 unspecified atom stereocenters.